The van der Waals surface area contributed by atoms with Crippen LogP contribution in [-0.4, -0.2) is 6.04 Å². The van der Waals surface area contributed by atoms with E-state index in [1.54, 1.807) is 0 Å². The molecule has 3 N–H and O–H groups in total. The predicted molar refractivity (Wildman–Crippen MR) is 79.5 cm³/mol. The van der Waals surface area contributed by atoms with Crippen molar-refractivity contribution in [3.63, 3.8) is 0 Å². The molecule has 2 aliphatic rings. The van der Waals surface area contributed by atoms with Gasteiger partial charge in [-0.15, -0.1) is 0 Å². The van der Waals surface area contributed by atoms with Crippen molar-refractivity contribution in [2.75, 3.05) is 0 Å². The number of hydrogen-bond acceptors (Lipinski definition) is 2. The number of hydrazine groups is 1. The topological polar surface area (TPSA) is 38.0 Å². The molecule has 0 bridgehead atoms. The van der Waals surface area contributed by atoms with E-state index in [4.69, 9.17) is 5.84 Å². The Balaban J connectivity index is 1.65. The van der Waals surface area contributed by atoms with Crippen LogP contribution in [0.1, 0.15) is 50.5 Å². The van der Waals surface area contributed by atoms with Crippen molar-refractivity contribution in [2.24, 2.45) is 23.6 Å². The second kappa shape index (κ2) is 5.64. The molecule has 0 aromatic heterocycles. The minimum Gasteiger partial charge on any atom is -0.271 e. The second-order valence-electron chi connectivity index (χ2n) is 6.64. The van der Waals surface area contributed by atoms with Gasteiger partial charge in [0.15, 0.2) is 0 Å². The predicted octanol–water partition coefficient (Wildman–Crippen LogP) is 3.45. The highest BCUT2D eigenvalue weighted by Crippen LogP contribution is 2.52. The molecule has 19 heavy (non-hydrogen) atoms. The summed E-state index contributed by atoms with van der Waals surface area (Å²) in [6.45, 7) is 2.39. The first-order valence-corrected chi connectivity index (χ1v) is 7.80. The van der Waals surface area contributed by atoms with Gasteiger partial charge in [-0.25, -0.2) is 0 Å². The molecule has 3 rings (SSSR count). The molecule has 2 saturated carbocycles. The SMILES string of the molecule is CC1CCCC(C(NN)C2CC2c2ccccc2)C1. The van der Waals surface area contributed by atoms with E-state index >= 15 is 0 Å². The van der Waals surface area contributed by atoms with Crippen LogP contribution in [0.5, 0.6) is 0 Å². The zero-order valence-electron chi connectivity index (χ0n) is 11.9. The number of nitrogens with one attached hydrogen (secondary N) is 1. The summed E-state index contributed by atoms with van der Waals surface area (Å²) in [6, 6.07) is 11.5. The average molecular weight is 258 g/mol. The molecular formula is C17H26N2. The summed E-state index contributed by atoms with van der Waals surface area (Å²) in [5.41, 5.74) is 4.65. The van der Waals surface area contributed by atoms with Crippen molar-refractivity contribution in [1.82, 2.24) is 5.43 Å². The third-order valence-electron chi connectivity index (χ3n) is 5.21. The Bertz CT molecular complexity index is 403. The Morgan fingerprint density at radius 1 is 1.16 bits per heavy atom. The van der Waals surface area contributed by atoms with Gasteiger partial charge in [0.1, 0.15) is 0 Å². The van der Waals surface area contributed by atoms with Crippen LogP contribution >= 0.6 is 0 Å². The molecule has 2 heteroatoms. The van der Waals surface area contributed by atoms with Gasteiger partial charge in [0.2, 0.25) is 0 Å². The lowest BCUT2D eigenvalue weighted by atomic mass is 9.77. The summed E-state index contributed by atoms with van der Waals surface area (Å²) in [5, 5.41) is 0. The molecule has 1 aromatic carbocycles. The molecule has 0 amide bonds. The first kappa shape index (κ1) is 13.1. The van der Waals surface area contributed by atoms with Crippen molar-refractivity contribution in [1.29, 1.82) is 0 Å². The molecule has 2 fully saturated rings. The fourth-order valence-corrected chi connectivity index (χ4v) is 4.11. The Morgan fingerprint density at radius 3 is 2.63 bits per heavy atom. The molecule has 0 spiro atoms. The molecule has 5 atom stereocenters. The van der Waals surface area contributed by atoms with Crippen molar-refractivity contribution >= 4 is 0 Å². The van der Waals surface area contributed by atoms with E-state index in [0.717, 1.165) is 23.7 Å². The highest BCUT2D eigenvalue weighted by Gasteiger charge is 2.46. The van der Waals surface area contributed by atoms with Crippen LogP contribution in [0.4, 0.5) is 0 Å². The molecular weight excluding hydrogens is 232 g/mol. The second-order valence-corrected chi connectivity index (χ2v) is 6.64. The quantitative estimate of drug-likeness (QED) is 0.641. The monoisotopic (exact) mass is 258 g/mol. The number of rotatable bonds is 4. The fraction of sp³-hybridized carbons (Fsp3) is 0.647. The minimum atomic E-state index is 0.521. The molecule has 2 aliphatic carbocycles. The lowest BCUT2D eigenvalue weighted by molar-refractivity contribution is 0.206. The van der Waals surface area contributed by atoms with E-state index in [0.29, 0.717) is 6.04 Å². The molecule has 0 radical (unpaired) electrons. The maximum absolute atomic E-state index is 5.88. The third kappa shape index (κ3) is 2.85. The smallest absolute Gasteiger partial charge is 0.0273 e. The Hall–Kier alpha value is -0.860. The first-order valence-electron chi connectivity index (χ1n) is 7.80. The van der Waals surface area contributed by atoms with Crippen LogP contribution in [0.15, 0.2) is 30.3 Å². The standard InChI is InChI=1S/C17H26N2/c1-12-6-5-9-14(10-12)17(19-18)16-11-15(16)13-7-3-2-4-8-13/h2-4,7-8,12,14-17,19H,5-6,9-11,18H2,1H3. The summed E-state index contributed by atoms with van der Waals surface area (Å²) < 4.78 is 0. The summed E-state index contributed by atoms with van der Waals surface area (Å²) in [4.78, 5) is 0. The maximum Gasteiger partial charge on any atom is 0.0273 e. The van der Waals surface area contributed by atoms with Crippen molar-refractivity contribution in [3.8, 4) is 0 Å². The lowest BCUT2D eigenvalue weighted by Crippen LogP contribution is -2.44. The minimum absolute atomic E-state index is 0.521. The van der Waals surface area contributed by atoms with Gasteiger partial charge >= 0.3 is 0 Å². The van der Waals surface area contributed by atoms with Crippen LogP contribution < -0.4 is 11.3 Å². The molecule has 1 aromatic rings. The van der Waals surface area contributed by atoms with Gasteiger partial charge in [-0.1, -0.05) is 50.1 Å². The Morgan fingerprint density at radius 2 is 1.95 bits per heavy atom. The summed E-state index contributed by atoms with van der Waals surface area (Å²) >= 11 is 0. The summed E-state index contributed by atoms with van der Waals surface area (Å²) in [5.74, 6) is 9.03. The number of hydrogen-bond donors (Lipinski definition) is 2. The van der Waals surface area contributed by atoms with Crippen molar-refractivity contribution in [3.05, 3.63) is 35.9 Å². The van der Waals surface area contributed by atoms with E-state index in [-0.39, 0.29) is 0 Å². The van der Waals surface area contributed by atoms with Gasteiger partial charge in [-0.3, -0.25) is 11.3 Å². The average Bonchev–Trinajstić information content (AvgIpc) is 3.21. The largest absolute Gasteiger partial charge is 0.271 e. The highest BCUT2D eigenvalue weighted by atomic mass is 15.2. The van der Waals surface area contributed by atoms with Crippen LogP contribution in [0.25, 0.3) is 0 Å². The van der Waals surface area contributed by atoms with Crippen LogP contribution in [0.3, 0.4) is 0 Å². The zero-order chi connectivity index (χ0) is 13.2. The van der Waals surface area contributed by atoms with Gasteiger partial charge in [0.05, 0.1) is 0 Å². The normalized spacial score (nSPS) is 35.9. The lowest BCUT2D eigenvalue weighted by Gasteiger charge is -2.33. The number of benzene rings is 1. The zero-order valence-corrected chi connectivity index (χ0v) is 11.9. The van der Waals surface area contributed by atoms with E-state index in [1.807, 2.05) is 0 Å². The summed E-state index contributed by atoms with van der Waals surface area (Å²) in [7, 11) is 0. The van der Waals surface area contributed by atoms with Crippen LogP contribution in [-0.2, 0) is 0 Å². The van der Waals surface area contributed by atoms with E-state index in [1.165, 1.54) is 37.7 Å². The molecule has 5 unspecified atom stereocenters. The van der Waals surface area contributed by atoms with E-state index < -0.39 is 0 Å². The van der Waals surface area contributed by atoms with Crippen LogP contribution in [0, 0.1) is 17.8 Å². The van der Waals surface area contributed by atoms with E-state index in [2.05, 4.69) is 42.7 Å². The van der Waals surface area contributed by atoms with Gasteiger partial charge in [-0.05, 0) is 48.5 Å². The van der Waals surface area contributed by atoms with Gasteiger partial charge in [-0.2, -0.15) is 0 Å². The fourth-order valence-electron chi connectivity index (χ4n) is 4.11. The van der Waals surface area contributed by atoms with Crippen molar-refractivity contribution in [2.45, 2.75) is 51.0 Å². The van der Waals surface area contributed by atoms with Gasteiger partial charge < -0.3 is 0 Å². The molecule has 0 heterocycles. The highest BCUT2D eigenvalue weighted by molar-refractivity contribution is 5.26. The van der Waals surface area contributed by atoms with E-state index in [9.17, 15) is 0 Å². The van der Waals surface area contributed by atoms with Gasteiger partial charge in [0.25, 0.3) is 0 Å². The molecule has 0 aliphatic heterocycles. The molecule has 0 saturated heterocycles. The number of nitrogens with two attached hydrogens (primary N) is 1. The molecule has 2 nitrogen and oxygen atoms in total. The van der Waals surface area contributed by atoms with Crippen LogP contribution in [0.2, 0.25) is 0 Å². The summed E-state index contributed by atoms with van der Waals surface area (Å²) in [6.07, 6.45) is 6.81. The first-order chi connectivity index (χ1) is 9.29. The Kier molecular flexibility index (Phi) is 3.90. The Labute approximate surface area is 116 Å². The maximum atomic E-state index is 5.88. The van der Waals surface area contributed by atoms with Crippen molar-refractivity contribution < 1.29 is 0 Å². The van der Waals surface area contributed by atoms with Gasteiger partial charge in [0, 0.05) is 6.04 Å². The molecule has 104 valence electrons. The third-order valence-corrected chi connectivity index (χ3v) is 5.21.